The van der Waals surface area contributed by atoms with E-state index in [0.29, 0.717) is 69.4 Å². The van der Waals surface area contributed by atoms with Crippen LogP contribution in [0, 0.1) is 0 Å². The van der Waals surface area contributed by atoms with Crippen LogP contribution in [0.5, 0.6) is 23.0 Å². The van der Waals surface area contributed by atoms with Crippen LogP contribution in [-0.2, 0) is 16.0 Å². The monoisotopic (exact) mass is 679 g/mol. The largest absolute Gasteiger partial charge is 0.497 e. The van der Waals surface area contributed by atoms with Crippen LogP contribution >= 0.6 is 0 Å². The van der Waals surface area contributed by atoms with Crippen LogP contribution in [0.3, 0.4) is 0 Å². The zero-order valence-corrected chi connectivity index (χ0v) is 29.1. The Hall–Kier alpha value is -5.16. The summed E-state index contributed by atoms with van der Waals surface area (Å²) in [6, 6.07) is 29.4. The Morgan fingerprint density at radius 2 is 1.20 bits per heavy atom. The van der Waals surface area contributed by atoms with E-state index in [1.54, 1.807) is 28.4 Å². The van der Waals surface area contributed by atoms with Crippen molar-refractivity contribution >= 4 is 5.78 Å². The second-order valence-corrected chi connectivity index (χ2v) is 11.5. The summed E-state index contributed by atoms with van der Waals surface area (Å²) in [7, 11) is 6.57. The van der Waals surface area contributed by atoms with E-state index in [9.17, 15) is 4.79 Å². The summed E-state index contributed by atoms with van der Waals surface area (Å²) in [5.41, 5.74) is 11.5. The summed E-state index contributed by atoms with van der Waals surface area (Å²) in [6.07, 6.45) is 1.04. The van der Waals surface area contributed by atoms with Crippen molar-refractivity contribution < 1.29 is 33.2 Å². The molecule has 262 valence electrons. The molecule has 0 saturated carbocycles. The quantitative estimate of drug-likeness (QED) is 0.0733. The van der Waals surface area contributed by atoms with Crippen molar-refractivity contribution in [2.45, 2.75) is 19.4 Å². The number of methoxy groups -OCH3 is 4. The number of benzene rings is 4. The maximum absolute atomic E-state index is 13.0. The van der Waals surface area contributed by atoms with Gasteiger partial charge in [0.15, 0.2) is 5.78 Å². The van der Waals surface area contributed by atoms with Gasteiger partial charge in [-0.2, -0.15) is 0 Å². The molecule has 0 amide bonds. The Bertz CT molecular complexity index is 1800. The first-order valence-electron chi connectivity index (χ1n) is 16.6. The van der Waals surface area contributed by atoms with Gasteiger partial charge in [0, 0.05) is 54.4 Å². The molecule has 0 saturated heterocycles. The van der Waals surface area contributed by atoms with Crippen molar-refractivity contribution in [2.24, 2.45) is 5.73 Å². The normalized spacial score (nSPS) is 11.0. The maximum atomic E-state index is 13.0. The van der Waals surface area contributed by atoms with Crippen molar-refractivity contribution in [3.8, 4) is 56.9 Å². The second-order valence-electron chi connectivity index (χ2n) is 11.5. The number of hydrogen-bond acceptors (Lipinski definition) is 9. The van der Waals surface area contributed by atoms with Gasteiger partial charge in [0.1, 0.15) is 28.8 Å². The number of carbonyl (C=O) groups is 1. The summed E-state index contributed by atoms with van der Waals surface area (Å²) in [6.45, 7) is 2.97. The molecule has 0 aliphatic rings. The number of rotatable bonds is 19. The highest BCUT2D eigenvalue weighted by atomic mass is 16.5. The van der Waals surface area contributed by atoms with Crippen LogP contribution < -0.4 is 24.7 Å². The fraction of sp³-hybridized carbons (Fsp3) is 0.300. The summed E-state index contributed by atoms with van der Waals surface area (Å²) >= 11 is 0. The van der Waals surface area contributed by atoms with E-state index in [1.807, 2.05) is 91.0 Å². The van der Waals surface area contributed by atoms with Gasteiger partial charge in [0.05, 0.1) is 59.6 Å². The Morgan fingerprint density at radius 1 is 0.640 bits per heavy atom. The molecular weight excluding hydrogens is 634 g/mol. The molecule has 4 aromatic carbocycles. The minimum Gasteiger partial charge on any atom is -0.497 e. The molecule has 1 aromatic heterocycles. The number of imidazole rings is 1. The van der Waals surface area contributed by atoms with Crippen molar-refractivity contribution in [2.75, 3.05) is 61.4 Å². The van der Waals surface area contributed by atoms with Crippen molar-refractivity contribution in [3.63, 3.8) is 0 Å². The molecule has 10 nitrogen and oxygen atoms in total. The molecule has 0 radical (unpaired) electrons. The highest BCUT2D eigenvalue weighted by molar-refractivity contribution is 5.96. The molecule has 5 aromatic rings. The van der Waals surface area contributed by atoms with E-state index < -0.39 is 0 Å². The number of hydrogen-bond donors (Lipinski definition) is 1. The minimum atomic E-state index is 0.0760. The number of carbonyl (C=O) groups excluding carboxylic acids is 1. The predicted octanol–water partition coefficient (Wildman–Crippen LogP) is 6.92. The van der Waals surface area contributed by atoms with Crippen LogP contribution in [0.2, 0.25) is 0 Å². The van der Waals surface area contributed by atoms with Gasteiger partial charge < -0.3 is 38.7 Å². The molecule has 0 unspecified atom stereocenters. The van der Waals surface area contributed by atoms with E-state index in [4.69, 9.17) is 39.1 Å². The number of ether oxygens (including phenoxy) is 6. The highest BCUT2D eigenvalue weighted by Crippen LogP contribution is 2.39. The molecule has 0 fully saturated rings. The molecule has 0 aliphatic heterocycles. The Kier molecular flexibility index (Phi) is 13.0. The third-order valence-corrected chi connectivity index (χ3v) is 8.25. The van der Waals surface area contributed by atoms with Gasteiger partial charge in [-0.3, -0.25) is 4.79 Å². The fourth-order valence-electron chi connectivity index (χ4n) is 5.62. The maximum Gasteiger partial charge on any atom is 0.162 e. The lowest BCUT2D eigenvalue weighted by molar-refractivity contribution is 0.0489. The summed E-state index contributed by atoms with van der Waals surface area (Å²) in [4.78, 5) is 18.3. The highest BCUT2D eigenvalue weighted by Gasteiger charge is 2.23. The van der Waals surface area contributed by atoms with Crippen LogP contribution in [0.25, 0.3) is 33.9 Å². The van der Waals surface area contributed by atoms with Gasteiger partial charge in [-0.25, -0.2) is 4.98 Å². The third kappa shape index (κ3) is 9.09. The van der Waals surface area contributed by atoms with Gasteiger partial charge >= 0.3 is 0 Å². The Balaban J connectivity index is 1.51. The minimum absolute atomic E-state index is 0.0760. The molecule has 0 bridgehead atoms. The topological polar surface area (TPSA) is 116 Å². The SMILES string of the molecule is COc1ccc(-c2nc(-c3cc(OC)cc(OC)c3)n(Cc3ccc(C(=O)CCCOCCOCCN)cc3)c2-c2ccc(OC)cc2)cc1. The lowest BCUT2D eigenvalue weighted by atomic mass is 10.0. The number of ketones is 1. The van der Waals surface area contributed by atoms with E-state index in [-0.39, 0.29) is 5.78 Å². The summed E-state index contributed by atoms with van der Waals surface area (Å²) in [5, 5.41) is 0. The van der Waals surface area contributed by atoms with Crippen molar-refractivity contribution in [1.29, 1.82) is 0 Å². The third-order valence-electron chi connectivity index (χ3n) is 8.25. The zero-order valence-electron chi connectivity index (χ0n) is 29.1. The number of Topliss-reactive ketones (excluding diaryl/α,β-unsaturated/α-hetero) is 1. The first-order chi connectivity index (χ1) is 24.5. The van der Waals surface area contributed by atoms with E-state index in [0.717, 1.165) is 51.0 Å². The smallest absolute Gasteiger partial charge is 0.162 e. The molecule has 10 heteroatoms. The number of aromatic nitrogens is 2. The van der Waals surface area contributed by atoms with E-state index >= 15 is 0 Å². The first-order valence-corrected chi connectivity index (χ1v) is 16.6. The van der Waals surface area contributed by atoms with Crippen LogP contribution in [0.15, 0.2) is 91.0 Å². The predicted molar refractivity (Wildman–Crippen MR) is 195 cm³/mol. The van der Waals surface area contributed by atoms with Gasteiger partial charge in [0.2, 0.25) is 0 Å². The average molecular weight is 680 g/mol. The zero-order chi connectivity index (χ0) is 35.3. The Morgan fingerprint density at radius 3 is 1.76 bits per heavy atom. The van der Waals surface area contributed by atoms with Gasteiger partial charge in [-0.15, -0.1) is 0 Å². The molecule has 0 spiro atoms. The molecule has 2 N–H and O–H groups in total. The summed E-state index contributed by atoms with van der Waals surface area (Å²) < 4.78 is 35.3. The molecule has 50 heavy (non-hydrogen) atoms. The van der Waals surface area contributed by atoms with Crippen molar-refractivity contribution in [1.82, 2.24) is 9.55 Å². The molecule has 5 rings (SSSR count). The van der Waals surface area contributed by atoms with E-state index in [2.05, 4.69) is 4.57 Å². The molecule has 0 aliphatic carbocycles. The molecule has 0 atom stereocenters. The molecular formula is C40H45N3O7. The summed E-state index contributed by atoms with van der Waals surface area (Å²) in [5.74, 6) is 3.62. The van der Waals surface area contributed by atoms with Crippen LogP contribution in [0.4, 0.5) is 0 Å². The first kappa shape index (κ1) is 36.1. The average Bonchev–Trinajstić information content (AvgIpc) is 3.54. The lowest BCUT2D eigenvalue weighted by Crippen LogP contribution is -2.12. The number of nitrogens with two attached hydrogens (primary N) is 1. The van der Waals surface area contributed by atoms with E-state index in [1.165, 1.54) is 0 Å². The van der Waals surface area contributed by atoms with Gasteiger partial charge in [-0.05, 0) is 72.6 Å². The van der Waals surface area contributed by atoms with Gasteiger partial charge in [-0.1, -0.05) is 24.3 Å². The van der Waals surface area contributed by atoms with Crippen LogP contribution in [-0.4, -0.2) is 76.7 Å². The standard InChI is InChI=1S/C40H45N3O7/c1-45-33-15-11-30(12-16-33)38-39(31-13-17-34(46-2)18-14-31)43(40(42-38)32-24-35(47-3)26-36(25-32)48-4)27-28-7-9-29(10-8-28)37(44)6-5-20-49-22-23-50-21-19-41/h7-18,24-26H,5-6,19-23,27,41H2,1-4H3. The Labute approximate surface area is 293 Å². The van der Waals surface area contributed by atoms with Gasteiger partial charge in [0.25, 0.3) is 0 Å². The molecule has 1 heterocycles. The lowest BCUT2D eigenvalue weighted by Gasteiger charge is -2.15. The van der Waals surface area contributed by atoms with Crippen LogP contribution in [0.1, 0.15) is 28.8 Å². The van der Waals surface area contributed by atoms with Crippen molar-refractivity contribution in [3.05, 3.63) is 102 Å². The number of nitrogens with zero attached hydrogens (tertiary/aromatic N) is 2. The fourth-order valence-corrected chi connectivity index (χ4v) is 5.62. The second kappa shape index (κ2) is 18.0.